The molecule has 0 aliphatic carbocycles. The van der Waals surface area contributed by atoms with Gasteiger partial charge in [-0.25, -0.2) is 4.98 Å². The predicted octanol–water partition coefficient (Wildman–Crippen LogP) is 1.90. The molecule has 0 aliphatic rings. The molecule has 1 aromatic carbocycles. The smallest absolute Gasteiger partial charge is 0.202 e. The first-order valence-corrected chi connectivity index (χ1v) is 6.99. The summed E-state index contributed by atoms with van der Waals surface area (Å²) >= 11 is 1.38. The van der Waals surface area contributed by atoms with Crippen LogP contribution in [0.4, 0.5) is 5.13 Å². The second kappa shape index (κ2) is 7.06. The van der Waals surface area contributed by atoms with E-state index in [0.717, 1.165) is 35.2 Å². The first-order chi connectivity index (χ1) is 9.33. The van der Waals surface area contributed by atoms with Crippen LogP contribution in [0.25, 0.3) is 0 Å². The molecule has 0 radical (unpaired) electrons. The Morgan fingerprint density at radius 1 is 1.37 bits per heavy atom. The Bertz CT molecular complexity index is 515. The van der Waals surface area contributed by atoms with Crippen LogP contribution in [-0.2, 0) is 6.42 Å². The van der Waals surface area contributed by atoms with Crippen molar-refractivity contribution in [2.24, 2.45) is 5.73 Å². The van der Waals surface area contributed by atoms with E-state index in [1.807, 2.05) is 24.3 Å². The van der Waals surface area contributed by atoms with Crippen molar-refractivity contribution in [1.82, 2.24) is 9.36 Å². The summed E-state index contributed by atoms with van der Waals surface area (Å²) in [5.41, 5.74) is 6.54. The van der Waals surface area contributed by atoms with Crippen molar-refractivity contribution >= 4 is 16.7 Å². The number of benzene rings is 1. The minimum atomic E-state index is 0.680. The standard InChI is InChI=1S/C13H18N4OS/c1-18-11-6-3-2-5-10(11)9-12-16-13(19-17-12)15-8-4-7-14/h2-3,5-6H,4,7-9,14H2,1H3,(H,15,16,17). The van der Waals surface area contributed by atoms with Gasteiger partial charge in [-0.3, -0.25) is 0 Å². The number of anilines is 1. The minimum Gasteiger partial charge on any atom is -0.496 e. The van der Waals surface area contributed by atoms with E-state index in [9.17, 15) is 0 Å². The van der Waals surface area contributed by atoms with E-state index in [-0.39, 0.29) is 0 Å². The number of hydrogen-bond acceptors (Lipinski definition) is 6. The van der Waals surface area contributed by atoms with Gasteiger partial charge in [0.25, 0.3) is 0 Å². The topological polar surface area (TPSA) is 73.1 Å². The molecule has 0 atom stereocenters. The van der Waals surface area contributed by atoms with Gasteiger partial charge in [-0.05, 0) is 19.0 Å². The Balaban J connectivity index is 1.99. The van der Waals surface area contributed by atoms with Gasteiger partial charge in [0.1, 0.15) is 11.6 Å². The summed E-state index contributed by atoms with van der Waals surface area (Å²) in [6, 6.07) is 7.92. The number of hydrogen-bond donors (Lipinski definition) is 2. The van der Waals surface area contributed by atoms with Crippen LogP contribution in [0.2, 0.25) is 0 Å². The maximum Gasteiger partial charge on any atom is 0.202 e. The molecule has 0 fully saturated rings. The van der Waals surface area contributed by atoms with Crippen LogP contribution in [0.3, 0.4) is 0 Å². The van der Waals surface area contributed by atoms with Crippen molar-refractivity contribution in [3.8, 4) is 5.75 Å². The summed E-state index contributed by atoms with van der Waals surface area (Å²) in [7, 11) is 1.67. The van der Waals surface area contributed by atoms with Gasteiger partial charge in [-0.2, -0.15) is 4.37 Å². The number of ether oxygens (including phenoxy) is 1. The maximum absolute atomic E-state index is 5.45. The summed E-state index contributed by atoms with van der Waals surface area (Å²) in [4.78, 5) is 4.45. The lowest BCUT2D eigenvalue weighted by Crippen LogP contribution is -2.08. The molecule has 0 aliphatic heterocycles. The molecule has 2 rings (SSSR count). The Hall–Kier alpha value is -1.66. The maximum atomic E-state index is 5.45. The largest absolute Gasteiger partial charge is 0.496 e. The van der Waals surface area contributed by atoms with Gasteiger partial charge in [-0.1, -0.05) is 18.2 Å². The summed E-state index contributed by atoms with van der Waals surface area (Å²) in [6.07, 6.45) is 1.61. The predicted molar refractivity (Wildman–Crippen MR) is 77.9 cm³/mol. The molecule has 2 aromatic rings. The third kappa shape index (κ3) is 3.90. The molecule has 5 nitrogen and oxygen atoms in total. The van der Waals surface area contributed by atoms with Crippen LogP contribution in [0, 0.1) is 0 Å². The third-order valence-electron chi connectivity index (χ3n) is 2.67. The Morgan fingerprint density at radius 3 is 3.00 bits per heavy atom. The lowest BCUT2D eigenvalue weighted by Gasteiger charge is -2.05. The van der Waals surface area contributed by atoms with Crippen LogP contribution in [-0.4, -0.2) is 29.6 Å². The number of aromatic nitrogens is 2. The van der Waals surface area contributed by atoms with Crippen molar-refractivity contribution in [2.45, 2.75) is 12.8 Å². The van der Waals surface area contributed by atoms with Gasteiger partial charge in [0.05, 0.1) is 7.11 Å². The highest BCUT2D eigenvalue weighted by molar-refractivity contribution is 7.09. The monoisotopic (exact) mass is 278 g/mol. The molecular formula is C13H18N4OS. The Kier molecular flexibility index (Phi) is 5.11. The Morgan fingerprint density at radius 2 is 2.21 bits per heavy atom. The molecule has 19 heavy (non-hydrogen) atoms. The molecule has 0 saturated heterocycles. The number of methoxy groups -OCH3 is 1. The van der Waals surface area contributed by atoms with E-state index in [1.165, 1.54) is 11.5 Å². The zero-order valence-electron chi connectivity index (χ0n) is 10.9. The normalized spacial score (nSPS) is 10.4. The zero-order valence-corrected chi connectivity index (χ0v) is 11.7. The van der Waals surface area contributed by atoms with Crippen molar-refractivity contribution in [1.29, 1.82) is 0 Å². The highest BCUT2D eigenvalue weighted by Crippen LogP contribution is 2.21. The molecule has 0 unspecified atom stereocenters. The van der Waals surface area contributed by atoms with Crippen molar-refractivity contribution in [3.05, 3.63) is 35.7 Å². The Labute approximate surface area is 117 Å². The molecule has 0 spiro atoms. The van der Waals surface area contributed by atoms with E-state index < -0.39 is 0 Å². The fourth-order valence-corrected chi connectivity index (χ4v) is 2.32. The molecule has 1 aromatic heterocycles. The molecule has 6 heteroatoms. The summed E-state index contributed by atoms with van der Waals surface area (Å²) in [5.74, 6) is 1.68. The fraction of sp³-hybridized carbons (Fsp3) is 0.385. The van der Waals surface area contributed by atoms with Crippen LogP contribution in [0.5, 0.6) is 5.75 Å². The first-order valence-electron chi connectivity index (χ1n) is 6.22. The van der Waals surface area contributed by atoms with Crippen molar-refractivity contribution in [2.75, 3.05) is 25.5 Å². The minimum absolute atomic E-state index is 0.680. The van der Waals surface area contributed by atoms with Crippen molar-refractivity contribution in [3.63, 3.8) is 0 Å². The molecular weight excluding hydrogens is 260 g/mol. The van der Waals surface area contributed by atoms with Crippen LogP contribution in [0.15, 0.2) is 24.3 Å². The van der Waals surface area contributed by atoms with Gasteiger partial charge in [0, 0.05) is 30.1 Å². The molecule has 0 bridgehead atoms. The molecule has 0 amide bonds. The average molecular weight is 278 g/mol. The van der Waals surface area contributed by atoms with E-state index >= 15 is 0 Å². The highest BCUT2D eigenvalue weighted by atomic mass is 32.1. The molecule has 0 saturated carbocycles. The van der Waals surface area contributed by atoms with E-state index in [0.29, 0.717) is 13.0 Å². The second-order valence-electron chi connectivity index (χ2n) is 4.07. The van der Waals surface area contributed by atoms with Gasteiger partial charge >= 0.3 is 0 Å². The number of nitrogens with one attached hydrogen (secondary N) is 1. The number of nitrogens with two attached hydrogens (primary N) is 1. The number of para-hydroxylation sites is 1. The number of nitrogens with zero attached hydrogens (tertiary/aromatic N) is 2. The van der Waals surface area contributed by atoms with Gasteiger partial charge in [0.15, 0.2) is 0 Å². The molecule has 3 N–H and O–H groups in total. The van der Waals surface area contributed by atoms with Crippen LogP contribution >= 0.6 is 11.5 Å². The zero-order chi connectivity index (χ0) is 13.5. The SMILES string of the molecule is COc1ccccc1Cc1nsc(NCCCN)n1. The van der Waals surface area contributed by atoms with E-state index in [4.69, 9.17) is 10.5 Å². The lowest BCUT2D eigenvalue weighted by atomic mass is 10.1. The third-order valence-corrected chi connectivity index (χ3v) is 3.38. The molecule has 102 valence electrons. The van der Waals surface area contributed by atoms with Crippen LogP contribution in [0.1, 0.15) is 17.8 Å². The highest BCUT2D eigenvalue weighted by Gasteiger charge is 2.08. The quantitative estimate of drug-likeness (QED) is 0.757. The average Bonchev–Trinajstić information content (AvgIpc) is 2.87. The van der Waals surface area contributed by atoms with Crippen molar-refractivity contribution < 1.29 is 4.74 Å². The van der Waals surface area contributed by atoms with Crippen LogP contribution < -0.4 is 15.8 Å². The first kappa shape index (κ1) is 13.8. The summed E-state index contributed by atoms with van der Waals surface area (Å²) in [5, 5.41) is 4.06. The summed E-state index contributed by atoms with van der Waals surface area (Å²) < 4.78 is 9.67. The fourth-order valence-electron chi connectivity index (χ4n) is 1.71. The van der Waals surface area contributed by atoms with Gasteiger partial charge < -0.3 is 15.8 Å². The van der Waals surface area contributed by atoms with Gasteiger partial charge in [0.2, 0.25) is 5.13 Å². The second-order valence-corrected chi connectivity index (χ2v) is 4.83. The number of rotatable bonds is 7. The van der Waals surface area contributed by atoms with Gasteiger partial charge in [-0.15, -0.1) is 0 Å². The van der Waals surface area contributed by atoms with E-state index in [2.05, 4.69) is 14.7 Å². The summed E-state index contributed by atoms with van der Waals surface area (Å²) in [6.45, 7) is 1.51. The van der Waals surface area contributed by atoms with E-state index in [1.54, 1.807) is 7.11 Å². The lowest BCUT2D eigenvalue weighted by molar-refractivity contribution is 0.410. The molecule has 1 heterocycles.